The van der Waals surface area contributed by atoms with Gasteiger partial charge in [0.1, 0.15) is 11.3 Å². The lowest BCUT2D eigenvalue weighted by Gasteiger charge is -2.04. The number of pyridine rings is 1. The molecule has 23 heavy (non-hydrogen) atoms. The predicted octanol–water partition coefficient (Wildman–Crippen LogP) is 3.94. The summed E-state index contributed by atoms with van der Waals surface area (Å²) in [5.41, 5.74) is 4.61. The molecule has 1 N–H and O–H groups in total. The van der Waals surface area contributed by atoms with E-state index >= 15 is 0 Å². The molecule has 4 nitrogen and oxygen atoms in total. The molecule has 0 spiro atoms. The summed E-state index contributed by atoms with van der Waals surface area (Å²) in [4.78, 5) is 20.3. The number of rotatable bonds is 4. The second-order valence-corrected chi connectivity index (χ2v) is 5.80. The smallest absolute Gasteiger partial charge is 0.181 e. The molecule has 4 rings (SSSR count). The fraction of sp³-hybridized carbons (Fsp3) is 0.158. The summed E-state index contributed by atoms with van der Waals surface area (Å²) in [5, 5.41) is 1.18. The summed E-state index contributed by atoms with van der Waals surface area (Å²) in [7, 11) is 0. The van der Waals surface area contributed by atoms with Crippen molar-refractivity contribution < 1.29 is 4.79 Å². The Kier molecular flexibility index (Phi) is 3.23. The number of aromatic nitrogens is 3. The summed E-state index contributed by atoms with van der Waals surface area (Å²) in [6, 6.07) is 14.1. The number of imidazole rings is 1. The first-order valence-electron chi connectivity index (χ1n) is 7.75. The highest BCUT2D eigenvalue weighted by atomic mass is 16.1. The van der Waals surface area contributed by atoms with E-state index in [2.05, 4.69) is 34.2 Å². The molecule has 0 aliphatic heterocycles. The van der Waals surface area contributed by atoms with Crippen LogP contribution in [0.4, 0.5) is 0 Å². The third-order valence-electron chi connectivity index (χ3n) is 4.23. The van der Waals surface area contributed by atoms with Gasteiger partial charge in [0.05, 0.1) is 5.69 Å². The van der Waals surface area contributed by atoms with Crippen LogP contribution in [0.5, 0.6) is 0 Å². The van der Waals surface area contributed by atoms with Gasteiger partial charge in [0.2, 0.25) is 0 Å². The Balaban J connectivity index is 1.58. The van der Waals surface area contributed by atoms with Crippen LogP contribution in [-0.2, 0) is 6.42 Å². The minimum absolute atomic E-state index is 0.135. The minimum Gasteiger partial charge on any atom is -0.361 e. The fourth-order valence-electron chi connectivity index (χ4n) is 3.08. The molecule has 3 heterocycles. The third-order valence-corrected chi connectivity index (χ3v) is 4.23. The van der Waals surface area contributed by atoms with Crippen LogP contribution in [0.1, 0.15) is 28.2 Å². The molecular formula is C19H17N3O. The molecule has 4 aromatic rings. The van der Waals surface area contributed by atoms with Gasteiger partial charge in [-0.1, -0.05) is 12.1 Å². The molecule has 114 valence electrons. The van der Waals surface area contributed by atoms with Gasteiger partial charge in [-0.2, -0.15) is 0 Å². The van der Waals surface area contributed by atoms with Gasteiger partial charge >= 0.3 is 0 Å². The SMILES string of the molecule is Cc1nc2ccccn2c1C(=O)CCc1ccc2[nH]ccc2c1. The lowest BCUT2D eigenvalue weighted by molar-refractivity contribution is 0.0976. The summed E-state index contributed by atoms with van der Waals surface area (Å²) in [6.07, 6.45) is 5.05. The lowest BCUT2D eigenvalue weighted by Crippen LogP contribution is -2.06. The van der Waals surface area contributed by atoms with Crippen LogP contribution in [0.2, 0.25) is 0 Å². The van der Waals surface area contributed by atoms with Crippen molar-refractivity contribution in [1.82, 2.24) is 14.4 Å². The molecule has 3 aromatic heterocycles. The van der Waals surface area contributed by atoms with Crippen molar-refractivity contribution in [2.45, 2.75) is 19.8 Å². The largest absolute Gasteiger partial charge is 0.361 e. The molecule has 0 amide bonds. The molecule has 1 aromatic carbocycles. The van der Waals surface area contributed by atoms with Crippen LogP contribution in [-0.4, -0.2) is 20.2 Å². The van der Waals surface area contributed by atoms with E-state index in [-0.39, 0.29) is 5.78 Å². The number of nitrogens with zero attached hydrogens (tertiary/aromatic N) is 2. The quantitative estimate of drug-likeness (QED) is 0.581. The van der Waals surface area contributed by atoms with Gasteiger partial charge in [-0.3, -0.25) is 9.20 Å². The number of fused-ring (bicyclic) bond motifs is 2. The standard InChI is InChI=1S/C19H17N3O/c1-13-19(22-11-3-2-4-18(22)21-13)17(23)8-6-14-5-7-16-15(12-14)9-10-20-16/h2-5,7,9-12,20H,6,8H2,1H3. The number of benzene rings is 1. The average Bonchev–Trinajstić information content (AvgIpc) is 3.15. The molecule has 0 bridgehead atoms. The van der Waals surface area contributed by atoms with Gasteiger partial charge < -0.3 is 4.98 Å². The number of carbonyl (C=O) groups is 1. The van der Waals surface area contributed by atoms with Crippen molar-refractivity contribution in [2.75, 3.05) is 0 Å². The van der Waals surface area contributed by atoms with Crippen molar-refractivity contribution in [3.63, 3.8) is 0 Å². The molecule has 0 atom stereocenters. The normalized spacial score (nSPS) is 11.3. The maximum absolute atomic E-state index is 12.7. The first-order chi connectivity index (χ1) is 11.2. The molecular weight excluding hydrogens is 286 g/mol. The van der Waals surface area contributed by atoms with Crippen molar-refractivity contribution in [3.05, 3.63) is 71.8 Å². The van der Waals surface area contributed by atoms with Crippen LogP contribution >= 0.6 is 0 Å². The van der Waals surface area contributed by atoms with E-state index < -0.39 is 0 Å². The molecule has 0 fully saturated rings. The highest BCUT2D eigenvalue weighted by Crippen LogP contribution is 2.18. The number of carbonyl (C=O) groups excluding carboxylic acids is 1. The van der Waals surface area contributed by atoms with Gasteiger partial charge in [0.15, 0.2) is 5.78 Å². The van der Waals surface area contributed by atoms with Crippen molar-refractivity contribution in [2.24, 2.45) is 0 Å². The number of hydrogen-bond donors (Lipinski definition) is 1. The minimum atomic E-state index is 0.135. The number of aromatic amines is 1. The fourth-order valence-corrected chi connectivity index (χ4v) is 3.08. The highest BCUT2D eigenvalue weighted by molar-refractivity contribution is 5.96. The van der Waals surface area contributed by atoms with Crippen molar-refractivity contribution in [3.8, 4) is 0 Å². The molecule has 0 saturated carbocycles. The zero-order valence-electron chi connectivity index (χ0n) is 12.9. The van der Waals surface area contributed by atoms with E-state index in [0.717, 1.165) is 23.3 Å². The van der Waals surface area contributed by atoms with E-state index in [0.29, 0.717) is 12.1 Å². The topological polar surface area (TPSA) is 50.2 Å². The van der Waals surface area contributed by atoms with Crippen LogP contribution in [0, 0.1) is 6.92 Å². The Morgan fingerprint density at radius 2 is 2.13 bits per heavy atom. The van der Waals surface area contributed by atoms with Gasteiger partial charge in [0.25, 0.3) is 0 Å². The van der Waals surface area contributed by atoms with E-state index in [4.69, 9.17) is 0 Å². The summed E-state index contributed by atoms with van der Waals surface area (Å²) < 4.78 is 1.88. The second-order valence-electron chi connectivity index (χ2n) is 5.80. The van der Waals surface area contributed by atoms with Gasteiger partial charge in [0, 0.05) is 24.3 Å². The molecule has 0 saturated heterocycles. The number of nitrogens with one attached hydrogen (secondary N) is 1. The first kappa shape index (κ1) is 13.8. The second kappa shape index (κ2) is 5.39. The molecule has 0 aliphatic carbocycles. The number of hydrogen-bond acceptors (Lipinski definition) is 2. The van der Waals surface area contributed by atoms with Crippen LogP contribution in [0.15, 0.2) is 54.9 Å². The summed E-state index contributed by atoms with van der Waals surface area (Å²) >= 11 is 0. The van der Waals surface area contributed by atoms with Crippen LogP contribution < -0.4 is 0 Å². The average molecular weight is 303 g/mol. The highest BCUT2D eigenvalue weighted by Gasteiger charge is 2.16. The Morgan fingerprint density at radius 1 is 1.22 bits per heavy atom. The monoisotopic (exact) mass is 303 g/mol. The van der Waals surface area contributed by atoms with E-state index in [1.54, 1.807) is 0 Å². The van der Waals surface area contributed by atoms with Gasteiger partial charge in [-0.25, -0.2) is 4.98 Å². The summed E-state index contributed by atoms with van der Waals surface area (Å²) in [6.45, 7) is 1.89. The van der Waals surface area contributed by atoms with E-state index in [1.165, 1.54) is 10.9 Å². The Hall–Kier alpha value is -2.88. The summed E-state index contributed by atoms with van der Waals surface area (Å²) in [5.74, 6) is 0.135. The first-order valence-corrected chi connectivity index (χ1v) is 7.75. The molecule has 0 aliphatic rings. The zero-order chi connectivity index (χ0) is 15.8. The van der Waals surface area contributed by atoms with Crippen molar-refractivity contribution >= 4 is 22.3 Å². The Morgan fingerprint density at radius 3 is 3.04 bits per heavy atom. The number of Topliss-reactive ketones (excluding diaryl/α,β-unsaturated/α-hetero) is 1. The number of aryl methyl sites for hydroxylation is 2. The Labute approximate surface area is 133 Å². The zero-order valence-corrected chi connectivity index (χ0v) is 12.9. The van der Waals surface area contributed by atoms with E-state index in [1.807, 2.05) is 41.9 Å². The maximum atomic E-state index is 12.7. The lowest BCUT2D eigenvalue weighted by atomic mass is 10.0. The molecule has 0 radical (unpaired) electrons. The molecule has 4 heteroatoms. The maximum Gasteiger partial charge on any atom is 0.181 e. The van der Waals surface area contributed by atoms with Crippen molar-refractivity contribution in [1.29, 1.82) is 0 Å². The molecule has 0 unspecified atom stereocenters. The van der Waals surface area contributed by atoms with Gasteiger partial charge in [-0.05, 0) is 54.6 Å². The van der Waals surface area contributed by atoms with E-state index in [9.17, 15) is 4.79 Å². The van der Waals surface area contributed by atoms with Crippen LogP contribution in [0.3, 0.4) is 0 Å². The van der Waals surface area contributed by atoms with Gasteiger partial charge in [-0.15, -0.1) is 0 Å². The number of H-pyrrole nitrogens is 1. The third kappa shape index (κ3) is 2.42. The Bertz CT molecular complexity index is 1010. The van der Waals surface area contributed by atoms with Crippen LogP contribution in [0.25, 0.3) is 16.6 Å². The number of ketones is 1. The predicted molar refractivity (Wildman–Crippen MR) is 90.9 cm³/mol.